The molecule has 2 amide bonds. The van der Waals surface area contributed by atoms with E-state index in [1.807, 2.05) is 36.4 Å². The molecule has 0 saturated carbocycles. The highest BCUT2D eigenvalue weighted by atomic mass is 32.2. The quantitative estimate of drug-likeness (QED) is 0.442. The maximum atomic E-state index is 12.8. The summed E-state index contributed by atoms with van der Waals surface area (Å²) in [5, 5.41) is 3.34. The van der Waals surface area contributed by atoms with Gasteiger partial charge in [0.05, 0.1) is 15.1 Å². The van der Waals surface area contributed by atoms with Crippen molar-refractivity contribution in [2.75, 3.05) is 18.7 Å². The minimum Gasteiger partial charge on any atom is -0.454 e. The van der Waals surface area contributed by atoms with Gasteiger partial charge in [-0.25, -0.2) is 4.98 Å². The Hall–Kier alpha value is -2.95. The van der Waals surface area contributed by atoms with E-state index in [1.54, 1.807) is 12.1 Å². The molecule has 5 rings (SSSR count). The number of aromatic nitrogens is 1. The van der Waals surface area contributed by atoms with Gasteiger partial charge in [0, 0.05) is 13.0 Å². The molecule has 7 nitrogen and oxygen atoms in total. The largest absolute Gasteiger partial charge is 0.454 e. The van der Waals surface area contributed by atoms with Gasteiger partial charge in [-0.3, -0.25) is 14.5 Å². The van der Waals surface area contributed by atoms with E-state index in [1.165, 1.54) is 28.0 Å². The molecule has 0 atom stereocenters. The highest BCUT2D eigenvalue weighted by Crippen LogP contribution is 2.36. The molecule has 0 aliphatic carbocycles. The molecule has 1 aromatic heterocycles. The average Bonchev–Trinajstić information content (AvgIpc) is 3.44. The Bertz CT molecular complexity index is 1220. The van der Waals surface area contributed by atoms with Crippen LogP contribution in [0.25, 0.3) is 16.3 Å². The predicted octanol–water partition coefficient (Wildman–Crippen LogP) is 4.26. The molecule has 3 aromatic rings. The standard InChI is InChI=1S/C21H15N3O4S3/c25-18(23-20-22-13-3-1-2-4-16(13)30-20)7-8-24-19(26)17(31-21(24)29)10-12-5-6-14-15(9-12)28-11-27-14/h1-6,9-10H,7-8,11H2,(H,22,23,25). The van der Waals surface area contributed by atoms with Gasteiger partial charge in [0.2, 0.25) is 12.7 Å². The summed E-state index contributed by atoms with van der Waals surface area (Å²) in [7, 11) is 0. The summed E-state index contributed by atoms with van der Waals surface area (Å²) in [5.74, 6) is 0.910. The number of hydrogen-bond donors (Lipinski definition) is 1. The highest BCUT2D eigenvalue weighted by Gasteiger charge is 2.32. The van der Waals surface area contributed by atoms with Crippen LogP contribution in [0.1, 0.15) is 12.0 Å². The van der Waals surface area contributed by atoms with Crippen LogP contribution in [-0.4, -0.2) is 39.4 Å². The average molecular weight is 470 g/mol. The van der Waals surface area contributed by atoms with Crippen LogP contribution < -0.4 is 14.8 Å². The first-order valence-corrected chi connectivity index (χ1v) is 11.4. The molecule has 0 unspecified atom stereocenters. The molecule has 0 spiro atoms. The summed E-state index contributed by atoms with van der Waals surface area (Å²) in [5.41, 5.74) is 1.66. The number of ether oxygens (including phenoxy) is 2. The van der Waals surface area contributed by atoms with Gasteiger partial charge in [-0.05, 0) is 35.9 Å². The number of thiazole rings is 1. The zero-order valence-corrected chi connectivity index (χ0v) is 18.4. The molecule has 2 aliphatic heterocycles. The normalized spacial score (nSPS) is 16.5. The molecular weight excluding hydrogens is 454 g/mol. The van der Waals surface area contributed by atoms with Crippen molar-refractivity contribution in [2.45, 2.75) is 6.42 Å². The van der Waals surface area contributed by atoms with E-state index in [2.05, 4.69) is 10.3 Å². The van der Waals surface area contributed by atoms with Gasteiger partial charge >= 0.3 is 0 Å². The maximum Gasteiger partial charge on any atom is 0.266 e. The Morgan fingerprint density at radius 3 is 2.94 bits per heavy atom. The Balaban J connectivity index is 1.22. The Morgan fingerprint density at radius 1 is 1.23 bits per heavy atom. The van der Waals surface area contributed by atoms with Crippen LogP contribution in [0.2, 0.25) is 0 Å². The van der Waals surface area contributed by atoms with Crippen LogP contribution in [0.3, 0.4) is 0 Å². The number of nitrogens with one attached hydrogen (secondary N) is 1. The maximum absolute atomic E-state index is 12.8. The van der Waals surface area contributed by atoms with Crippen molar-refractivity contribution in [3.8, 4) is 11.5 Å². The smallest absolute Gasteiger partial charge is 0.266 e. The van der Waals surface area contributed by atoms with Crippen molar-refractivity contribution < 1.29 is 19.1 Å². The van der Waals surface area contributed by atoms with Crippen molar-refractivity contribution in [3.63, 3.8) is 0 Å². The second-order valence-electron chi connectivity index (χ2n) is 6.73. The van der Waals surface area contributed by atoms with E-state index in [-0.39, 0.29) is 31.6 Å². The summed E-state index contributed by atoms with van der Waals surface area (Å²) < 4.78 is 12.1. The van der Waals surface area contributed by atoms with E-state index < -0.39 is 0 Å². The molecule has 156 valence electrons. The van der Waals surface area contributed by atoms with Gasteiger partial charge in [-0.2, -0.15) is 0 Å². The van der Waals surface area contributed by atoms with Crippen LogP contribution in [0, 0.1) is 0 Å². The molecule has 10 heteroatoms. The molecular formula is C21H15N3O4S3. The van der Waals surface area contributed by atoms with Gasteiger partial charge in [0.15, 0.2) is 16.6 Å². The molecule has 1 saturated heterocycles. The van der Waals surface area contributed by atoms with E-state index in [0.717, 1.165) is 15.8 Å². The lowest BCUT2D eigenvalue weighted by Gasteiger charge is -2.13. The molecule has 3 heterocycles. The Morgan fingerprint density at radius 2 is 2.06 bits per heavy atom. The van der Waals surface area contributed by atoms with Crippen molar-refractivity contribution in [3.05, 3.63) is 52.9 Å². The molecule has 2 aromatic carbocycles. The first kappa shape index (κ1) is 20.0. The zero-order chi connectivity index (χ0) is 21.4. The number of hydrogen-bond acceptors (Lipinski definition) is 8. The van der Waals surface area contributed by atoms with E-state index >= 15 is 0 Å². The zero-order valence-electron chi connectivity index (χ0n) is 16.0. The summed E-state index contributed by atoms with van der Waals surface area (Å²) in [6, 6.07) is 13.2. The third-order valence-electron chi connectivity index (χ3n) is 4.67. The van der Waals surface area contributed by atoms with Crippen LogP contribution in [0.5, 0.6) is 11.5 Å². The minimum atomic E-state index is -0.215. The van der Waals surface area contributed by atoms with Gasteiger partial charge in [-0.1, -0.05) is 53.5 Å². The molecule has 1 fully saturated rings. The number of nitrogens with zero attached hydrogens (tertiary/aromatic N) is 2. The molecule has 2 aliphatic rings. The fourth-order valence-electron chi connectivity index (χ4n) is 3.17. The monoisotopic (exact) mass is 469 g/mol. The third kappa shape index (κ3) is 4.14. The fraction of sp³-hybridized carbons (Fsp3) is 0.143. The predicted molar refractivity (Wildman–Crippen MR) is 125 cm³/mol. The first-order chi connectivity index (χ1) is 15.1. The SMILES string of the molecule is O=C(CCN1C(=O)C(=Cc2ccc3c(c2)OCO3)SC1=S)Nc1nc2ccccc2s1. The van der Waals surface area contributed by atoms with Gasteiger partial charge < -0.3 is 14.8 Å². The van der Waals surface area contributed by atoms with Gasteiger partial charge in [-0.15, -0.1) is 0 Å². The third-order valence-corrected chi connectivity index (χ3v) is 7.00. The second-order valence-corrected chi connectivity index (χ2v) is 9.44. The highest BCUT2D eigenvalue weighted by molar-refractivity contribution is 8.26. The topological polar surface area (TPSA) is 80.8 Å². The van der Waals surface area contributed by atoms with Crippen LogP contribution in [0.15, 0.2) is 47.4 Å². The number of carbonyl (C=O) groups is 2. The van der Waals surface area contributed by atoms with Gasteiger partial charge in [0.1, 0.15) is 4.32 Å². The summed E-state index contributed by atoms with van der Waals surface area (Å²) in [6.45, 7) is 0.403. The lowest BCUT2D eigenvalue weighted by Crippen LogP contribution is -2.31. The number of benzene rings is 2. The van der Waals surface area contributed by atoms with Crippen molar-refractivity contribution in [2.24, 2.45) is 0 Å². The number of fused-ring (bicyclic) bond motifs is 2. The number of thiocarbonyl (C=S) groups is 1. The van der Waals surface area contributed by atoms with E-state index in [4.69, 9.17) is 21.7 Å². The Kier molecular flexibility index (Phi) is 5.34. The van der Waals surface area contributed by atoms with Gasteiger partial charge in [0.25, 0.3) is 5.91 Å². The van der Waals surface area contributed by atoms with E-state index in [9.17, 15) is 9.59 Å². The van der Waals surface area contributed by atoms with Crippen molar-refractivity contribution in [1.82, 2.24) is 9.88 Å². The minimum absolute atomic E-state index is 0.125. The van der Waals surface area contributed by atoms with Crippen LogP contribution in [0.4, 0.5) is 5.13 Å². The first-order valence-electron chi connectivity index (χ1n) is 9.37. The summed E-state index contributed by atoms with van der Waals surface area (Å²) in [6.07, 6.45) is 1.89. The molecule has 31 heavy (non-hydrogen) atoms. The number of thioether (sulfide) groups is 1. The van der Waals surface area contributed by atoms with Crippen molar-refractivity contribution >= 4 is 72.9 Å². The number of anilines is 1. The number of amides is 2. The summed E-state index contributed by atoms with van der Waals surface area (Å²) in [4.78, 5) is 31.5. The van der Waals surface area contributed by atoms with Crippen LogP contribution >= 0.6 is 35.3 Å². The number of para-hydroxylation sites is 1. The fourth-order valence-corrected chi connectivity index (χ4v) is 5.36. The molecule has 1 N–H and O–H groups in total. The molecule has 0 bridgehead atoms. The Labute approximate surface area is 191 Å². The van der Waals surface area contributed by atoms with Crippen molar-refractivity contribution in [1.29, 1.82) is 0 Å². The molecule has 0 radical (unpaired) electrons. The second kappa shape index (κ2) is 8.29. The lowest BCUT2D eigenvalue weighted by atomic mass is 10.2. The van der Waals surface area contributed by atoms with E-state index in [0.29, 0.717) is 25.9 Å². The lowest BCUT2D eigenvalue weighted by molar-refractivity contribution is -0.122. The summed E-state index contributed by atoms with van der Waals surface area (Å²) >= 11 is 7.99. The van der Waals surface area contributed by atoms with Crippen LogP contribution in [-0.2, 0) is 9.59 Å². The number of carbonyl (C=O) groups excluding carboxylic acids is 2. The number of rotatable bonds is 5.